The highest BCUT2D eigenvalue weighted by atomic mass is 35.5. The van der Waals surface area contributed by atoms with Gasteiger partial charge in [-0.15, -0.1) is 11.6 Å². The Hall–Kier alpha value is -0.450. The highest BCUT2D eigenvalue weighted by molar-refractivity contribution is 6.30. The van der Waals surface area contributed by atoms with Gasteiger partial charge in [0.1, 0.15) is 11.9 Å². The van der Waals surface area contributed by atoms with Crippen LogP contribution in [-0.4, -0.2) is 34.9 Å². The molecule has 0 saturated heterocycles. The first-order valence-electron chi connectivity index (χ1n) is 4.16. The van der Waals surface area contributed by atoms with Gasteiger partial charge in [-0.1, -0.05) is 0 Å². The number of halogens is 4. The van der Waals surface area contributed by atoms with Gasteiger partial charge in [0, 0.05) is 6.04 Å². The fourth-order valence-electron chi connectivity index (χ4n) is 0.937. The first-order valence-corrected chi connectivity index (χ1v) is 4.60. The Morgan fingerprint density at radius 3 is 2.00 bits per heavy atom. The minimum Gasteiger partial charge on any atom is -0.330 e. The third-order valence-corrected chi connectivity index (χ3v) is 1.78. The second-order valence-electron chi connectivity index (χ2n) is 3.29. The molecule has 0 saturated carbocycles. The average molecular weight is 232 g/mol. The van der Waals surface area contributed by atoms with Gasteiger partial charge in [0.2, 0.25) is 5.91 Å². The van der Waals surface area contributed by atoms with Crippen LogP contribution < -0.4 is 0 Å². The van der Waals surface area contributed by atoms with Crippen molar-refractivity contribution in [2.24, 2.45) is 0 Å². The van der Waals surface area contributed by atoms with Gasteiger partial charge >= 0.3 is 6.18 Å². The summed E-state index contributed by atoms with van der Waals surface area (Å²) < 4.78 is 36.2. The van der Waals surface area contributed by atoms with Crippen LogP contribution in [0.15, 0.2) is 0 Å². The van der Waals surface area contributed by atoms with E-state index in [0.29, 0.717) is 0 Å². The first-order chi connectivity index (χ1) is 6.15. The minimum absolute atomic E-state index is 0.509. The van der Waals surface area contributed by atoms with E-state index in [9.17, 15) is 18.0 Å². The molecule has 2 nitrogen and oxygen atoms in total. The van der Waals surface area contributed by atoms with Crippen molar-refractivity contribution in [1.82, 2.24) is 4.90 Å². The molecular weight excluding hydrogens is 219 g/mol. The number of hydrogen-bond acceptors (Lipinski definition) is 1. The van der Waals surface area contributed by atoms with E-state index in [1.165, 1.54) is 20.8 Å². The highest BCUT2D eigenvalue weighted by Crippen LogP contribution is 2.19. The number of hydrogen-bond donors (Lipinski definition) is 0. The molecule has 0 bridgehead atoms. The molecule has 0 N–H and O–H groups in total. The molecule has 1 amide bonds. The van der Waals surface area contributed by atoms with Gasteiger partial charge in [-0.2, -0.15) is 13.2 Å². The van der Waals surface area contributed by atoms with Crippen molar-refractivity contribution < 1.29 is 18.0 Å². The predicted molar refractivity (Wildman–Crippen MR) is 48.2 cm³/mol. The summed E-state index contributed by atoms with van der Waals surface area (Å²) in [5, 5.41) is -0.931. The third kappa shape index (κ3) is 4.69. The number of alkyl halides is 4. The lowest BCUT2D eigenvalue weighted by molar-refractivity contribution is -0.164. The van der Waals surface area contributed by atoms with Crippen LogP contribution in [0, 0.1) is 0 Å². The molecule has 0 heterocycles. The van der Waals surface area contributed by atoms with E-state index in [1.807, 2.05) is 0 Å². The molecule has 0 aromatic heterocycles. The Morgan fingerprint density at radius 2 is 1.79 bits per heavy atom. The molecule has 0 rings (SSSR count). The van der Waals surface area contributed by atoms with Gasteiger partial charge < -0.3 is 4.90 Å². The molecule has 1 unspecified atom stereocenters. The summed E-state index contributed by atoms with van der Waals surface area (Å²) >= 11 is 5.44. The smallest absolute Gasteiger partial charge is 0.330 e. The molecule has 0 aliphatic carbocycles. The number of rotatable bonds is 3. The van der Waals surface area contributed by atoms with Gasteiger partial charge in [0.25, 0.3) is 0 Å². The number of carbonyl (C=O) groups is 1. The summed E-state index contributed by atoms with van der Waals surface area (Å²) in [6.07, 6.45) is -4.38. The van der Waals surface area contributed by atoms with Crippen molar-refractivity contribution >= 4 is 17.5 Å². The van der Waals surface area contributed by atoms with Crippen molar-refractivity contribution in [2.45, 2.75) is 38.4 Å². The lowest BCUT2D eigenvalue weighted by Gasteiger charge is -2.28. The van der Waals surface area contributed by atoms with Gasteiger partial charge in [-0.3, -0.25) is 4.79 Å². The van der Waals surface area contributed by atoms with Gasteiger partial charge in [0.15, 0.2) is 0 Å². The van der Waals surface area contributed by atoms with Crippen LogP contribution in [0.3, 0.4) is 0 Å². The van der Waals surface area contributed by atoms with Crippen molar-refractivity contribution in [3.05, 3.63) is 0 Å². The zero-order chi connectivity index (χ0) is 11.5. The van der Waals surface area contributed by atoms with Gasteiger partial charge in [0.05, 0.1) is 0 Å². The van der Waals surface area contributed by atoms with Crippen LogP contribution >= 0.6 is 11.6 Å². The molecule has 0 aromatic carbocycles. The molecule has 84 valence electrons. The predicted octanol–water partition coefficient (Wildman–Crippen LogP) is 2.41. The Morgan fingerprint density at radius 1 is 1.36 bits per heavy atom. The van der Waals surface area contributed by atoms with Crippen LogP contribution in [0.4, 0.5) is 13.2 Å². The summed E-state index contributed by atoms with van der Waals surface area (Å²) in [6.45, 7) is 3.14. The lowest BCUT2D eigenvalue weighted by atomic mass is 10.2. The Balaban J connectivity index is 4.54. The summed E-state index contributed by atoms with van der Waals surface area (Å²) in [6, 6.07) is -0.509. The zero-order valence-electron chi connectivity index (χ0n) is 8.23. The molecule has 0 aromatic rings. The van der Waals surface area contributed by atoms with Gasteiger partial charge in [-0.05, 0) is 20.8 Å². The monoisotopic (exact) mass is 231 g/mol. The fraction of sp³-hybridized carbons (Fsp3) is 0.875. The number of nitrogens with zero attached hydrogens (tertiary/aromatic N) is 1. The van der Waals surface area contributed by atoms with E-state index < -0.39 is 30.0 Å². The zero-order valence-corrected chi connectivity index (χ0v) is 8.99. The van der Waals surface area contributed by atoms with Gasteiger partial charge in [-0.25, -0.2) is 0 Å². The Kier molecular flexibility index (Phi) is 4.71. The van der Waals surface area contributed by atoms with E-state index in [0.717, 1.165) is 4.90 Å². The minimum atomic E-state index is -4.38. The van der Waals surface area contributed by atoms with Crippen LogP contribution in [-0.2, 0) is 4.79 Å². The molecular formula is C8H13ClF3NO. The molecule has 6 heteroatoms. The maximum Gasteiger partial charge on any atom is 0.406 e. The van der Waals surface area contributed by atoms with E-state index in [-0.39, 0.29) is 0 Å². The van der Waals surface area contributed by atoms with Crippen LogP contribution in [0.2, 0.25) is 0 Å². The Bertz CT molecular complexity index is 203. The second kappa shape index (κ2) is 4.87. The molecule has 0 aliphatic heterocycles. The van der Waals surface area contributed by atoms with E-state index in [1.54, 1.807) is 0 Å². The molecule has 0 aliphatic rings. The summed E-state index contributed by atoms with van der Waals surface area (Å²) in [5.74, 6) is -0.695. The number of carbonyl (C=O) groups excluding carboxylic acids is 1. The van der Waals surface area contributed by atoms with Crippen LogP contribution in [0.5, 0.6) is 0 Å². The maximum absolute atomic E-state index is 12.1. The maximum atomic E-state index is 12.1. The topological polar surface area (TPSA) is 20.3 Å². The van der Waals surface area contributed by atoms with Crippen LogP contribution in [0.1, 0.15) is 20.8 Å². The standard InChI is InChI=1S/C8H13ClF3NO/c1-5(2)13(4-8(10,11)12)7(14)6(3)9/h5-6H,4H2,1-3H3. The SMILES string of the molecule is CC(Cl)C(=O)N(CC(F)(F)F)C(C)C. The number of amides is 1. The molecule has 1 atom stereocenters. The van der Waals surface area contributed by atoms with E-state index >= 15 is 0 Å². The van der Waals surface area contributed by atoms with Crippen LogP contribution in [0.25, 0.3) is 0 Å². The summed E-state index contributed by atoms with van der Waals surface area (Å²) in [7, 11) is 0. The third-order valence-electron chi connectivity index (χ3n) is 1.60. The quantitative estimate of drug-likeness (QED) is 0.683. The van der Waals surface area contributed by atoms with E-state index in [4.69, 9.17) is 11.6 Å². The normalized spacial score (nSPS) is 14.3. The lowest BCUT2D eigenvalue weighted by Crippen LogP contribution is -2.45. The van der Waals surface area contributed by atoms with Crippen molar-refractivity contribution in [3.63, 3.8) is 0 Å². The van der Waals surface area contributed by atoms with E-state index in [2.05, 4.69) is 0 Å². The molecule has 0 radical (unpaired) electrons. The molecule has 0 spiro atoms. The van der Waals surface area contributed by atoms with Crippen molar-refractivity contribution in [2.75, 3.05) is 6.54 Å². The Labute approximate surface area is 86.0 Å². The van der Waals surface area contributed by atoms with Crippen molar-refractivity contribution in [3.8, 4) is 0 Å². The van der Waals surface area contributed by atoms with Crippen molar-refractivity contribution in [1.29, 1.82) is 0 Å². The molecule has 0 fully saturated rings. The largest absolute Gasteiger partial charge is 0.406 e. The molecule has 14 heavy (non-hydrogen) atoms. The first kappa shape index (κ1) is 13.5. The fourth-order valence-corrected chi connectivity index (χ4v) is 1.06. The summed E-state index contributed by atoms with van der Waals surface area (Å²) in [5.41, 5.74) is 0. The second-order valence-corrected chi connectivity index (χ2v) is 3.95. The average Bonchev–Trinajstić information content (AvgIpc) is 1.96. The highest BCUT2D eigenvalue weighted by Gasteiger charge is 2.35. The summed E-state index contributed by atoms with van der Waals surface area (Å²) in [4.78, 5) is 12.0.